The fourth-order valence-electron chi connectivity index (χ4n) is 3.66. The number of halogens is 2. The third-order valence-electron chi connectivity index (χ3n) is 5.24. The van der Waals surface area contributed by atoms with Crippen molar-refractivity contribution in [1.82, 2.24) is 10.2 Å². The van der Waals surface area contributed by atoms with Crippen LogP contribution in [0.15, 0.2) is 36.4 Å². The van der Waals surface area contributed by atoms with Crippen molar-refractivity contribution in [2.75, 3.05) is 33.9 Å². The number of aliphatic hydroxyl groups excluding tert-OH is 1. The molecule has 2 unspecified atom stereocenters. The van der Waals surface area contributed by atoms with Crippen LogP contribution < -0.4 is 19.5 Å². The Bertz CT molecular complexity index is 960. The van der Waals surface area contributed by atoms with Crippen LogP contribution in [0.2, 0.25) is 10.0 Å². The number of hydrogen-bond acceptors (Lipinski definition) is 6. The number of nitrogens with zero attached hydrogens (tertiary/aromatic N) is 1. The van der Waals surface area contributed by atoms with Gasteiger partial charge < -0.3 is 29.5 Å². The highest BCUT2D eigenvalue weighted by Gasteiger charge is 2.34. The van der Waals surface area contributed by atoms with Crippen LogP contribution in [-0.4, -0.2) is 67.9 Å². The van der Waals surface area contributed by atoms with E-state index >= 15 is 0 Å². The van der Waals surface area contributed by atoms with Gasteiger partial charge in [-0.25, -0.2) is 0 Å². The average Bonchev–Trinajstić information content (AvgIpc) is 3.29. The van der Waals surface area contributed by atoms with Gasteiger partial charge in [0.1, 0.15) is 18.8 Å². The quantitative estimate of drug-likeness (QED) is 0.553. The molecule has 33 heavy (non-hydrogen) atoms. The molecule has 2 aromatic carbocycles. The van der Waals surface area contributed by atoms with E-state index in [2.05, 4.69) is 5.32 Å². The standard InChI is InChI=1S/C23H26Cl2N2O6/c1-31-19-6-3-7-20(32-2)21(19)33-13-17(28)12-26-22(29)18-5-4-8-27(18)23(30)14-9-15(24)11-16(25)10-14/h3,6-7,9-11,17-18,28H,4-5,8,12-13H2,1-2H3,(H,26,29). The monoisotopic (exact) mass is 496 g/mol. The molecule has 2 atom stereocenters. The third-order valence-corrected chi connectivity index (χ3v) is 5.68. The van der Waals surface area contributed by atoms with E-state index < -0.39 is 12.1 Å². The largest absolute Gasteiger partial charge is 0.493 e. The van der Waals surface area contributed by atoms with Gasteiger partial charge in [-0.15, -0.1) is 0 Å². The molecular weight excluding hydrogens is 471 g/mol. The molecule has 2 amide bonds. The smallest absolute Gasteiger partial charge is 0.254 e. The van der Waals surface area contributed by atoms with Gasteiger partial charge in [0.05, 0.1) is 14.2 Å². The predicted octanol–water partition coefficient (Wildman–Crippen LogP) is 3.17. The molecule has 178 valence electrons. The molecule has 10 heteroatoms. The first-order valence-electron chi connectivity index (χ1n) is 10.4. The average molecular weight is 497 g/mol. The maximum Gasteiger partial charge on any atom is 0.254 e. The Labute approximate surface area is 202 Å². The molecule has 1 aliphatic heterocycles. The molecule has 2 N–H and O–H groups in total. The Hall–Kier alpha value is -2.68. The van der Waals surface area contributed by atoms with Gasteiger partial charge in [-0.3, -0.25) is 9.59 Å². The number of ether oxygens (including phenoxy) is 3. The number of benzene rings is 2. The van der Waals surface area contributed by atoms with Crippen LogP contribution >= 0.6 is 23.2 Å². The van der Waals surface area contributed by atoms with E-state index in [1.807, 2.05) is 0 Å². The van der Waals surface area contributed by atoms with E-state index in [0.717, 1.165) is 0 Å². The summed E-state index contributed by atoms with van der Waals surface area (Å²) in [6.07, 6.45) is 0.231. The van der Waals surface area contributed by atoms with Gasteiger partial charge in [-0.05, 0) is 43.2 Å². The molecule has 1 fully saturated rings. The van der Waals surface area contributed by atoms with E-state index in [4.69, 9.17) is 37.4 Å². The summed E-state index contributed by atoms with van der Waals surface area (Å²) in [4.78, 5) is 27.2. The Morgan fingerprint density at radius 3 is 2.39 bits per heavy atom. The van der Waals surface area contributed by atoms with Gasteiger partial charge in [0, 0.05) is 28.7 Å². The van der Waals surface area contributed by atoms with Gasteiger partial charge in [0.15, 0.2) is 11.5 Å². The van der Waals surface area contributed by atoms with Crippen LogP contribution in [0.4, 0.5) is 0 Å². The zero-order chi connectivity index (χ0) is 24.0. The number of rotatable bonds is 9. The van der Waals surface area contributed by atoms with Crippen molar-refractivity contribution >= 4 is 35.0 Å². The second kappa shape index (κ2) is 11.4. The van der Waals surface area contributed by atoms with Crippen LogP contribution in [0.1, 0.15) is 23.2 Å². The number of hydrogen-bond donors (Lipinski definition) is 2. The summed E-state index contributed by atoms with van der Waals surface area (Å²) in [6, 6.07) is 9.13. The summed E-state index contributed by atoms with van der Waals surface area (Å²) in [7, 11) is 3.01. The van der Waals surface area contributed by atoms with Crippen molar-refractivity contribution in [2.24, 2.45) is 0 Å². The second-order valence-corrected chi connectivity index (χ2v) is 8.39. The van der Waals surface area contributed by atoms with Gasteiger partial charge in [0.25, 0.3) is 5.91 Å². The van der Waals surface area contributed by atoms with Crippen molar-refractivity contribution in [3.05, 3.63) is 52.0 Å². The number of nitrogens with one attached hydrogen (secondary N) is 1. The molecule has 0 aliphatic carbocycles. The lowest BCUT2D eigenvalue weighted by Gasteiger charge is -2.25. The molecule has 0 saturated carbocycles. The number of methoxy groups -OCH3 is 2. The number of likely N-dealkylation sites (tertiary alicyclic amines) is 1. The zero-order valence-corrected chi connectivity index (χ0v) is 19.9. The summed E-state index contributed by atoms with van der Waals surface area (Å²) in [5.41, 5.74) is 0.325. The summed E-state index contributed by atoms with van der Waals surface area (Å²) in [5.74, 6) is 0.631. The molecule has 0 aromatic heterocycles. The fourth-order valence-corrected chi connectivity index (χ4v) is 4.19. The zero-order valence-electron chi connectivity index (χ0n) is 18.3. The van der Waals surface area contributed by atoms with Crippen LogP contribution in [0.5, 0.6) is 17.2 Å². The van der Waals surface area contributed by atoms with Crippen LogP contribution in [0.3, 0.4) is 0 Å². The highest BCUT2D eigenvalue weighted by atomic mass is 35.5. The molecule has 0 radical (unpaired) electrons. The molecule has 3 rings (SSSR count). The first-order chi connectivity index (χ1) is 15.8. The van der Waals surface area contributed by atoms with E-state index in [-0.39, 0.29) is 25.0 Å². The molecular formula is C23H26Cl2N2O6. The Kier molecular flexibility index (Phi) is 8.66. The van der Waals surface area contributed by atoms with E-state index in [1.54, 1.807) is 18.2 Å². The molecule has 0 spiro atoms. The Morgan fingerprint density at radius 1 is 1.15 bits per heavy atom. The van der Waals surface area contributed by atoms with E-state index in [9.17, 15) is 14.7 Å². The van der Waals surface area contributed by atoms with Crippen molar-refractivity contribution in [3.8, 4) is 17.2 Å². The lowest BCUT2D eigenvalue weighted by molar-refractivity contribution is -0.125. The van der Waals surface area contributed by atoms with E-state index in [0.29, 0.717) is 52.2 Å². The fraction of sp³-hybridized carbons (Fsp3) is 0.391. The van der Waals surface area contributed by atoms with Gasteiger partial charge in [0.2, 0.25) is 11.7 Å². The maximum atomic E-state index is 12.9. The first kappa shape index (κ1) is 25.0. The van der Waals surface area contributed by atoms with Crippen molar-refractivity contribution in [1.29, 1.82) is 0 Å². The Morgan fingerprint density at radius 2 is 1.79 bits per heavy atom. The van der Waals surface area contributed by atoms with Crippen molar-refractivity contribution in [2.45, 2.75) is 25.0 Å². The second-order valence-electron chi connectivity index (χ2n) is 7.52. The SMILES string of the molecule is COc1cccc(OC)c1OCC(O)CNC(=O)C1CCCN1C(=O)c1cc(Cl)cc(Cl)c1. The van der Waals surface area contributed by atoms with Crippen LogP contribution in [0, 0.1) is 0 Å². The van der Waals surface area contributed by atoms with Crippen LogP contribution in [0.25, 0.3) is 0 Å². The van der Waals surface area contributed by atoms with E-state index in [1.165, 1.54) is 37.3 Å². The number of amides is 2. The lowest BCUT2D eigenvalue weighted by atomic mass is 10.1. The minimum atomic E-state index is -0.985. The lowest BCUT2D eigenvalue weighted by Crippen LogP contribution is -2.48. The normalized spacial score (nSPS) is 16.3. The van der Waals surface area contributed by atoms with Crippen molar-refractivity contribution < 1.29 is 28.9 Å². The maximum absolute atomic E-state index is 12.9. The molecule has 1 heterocycles. The molecule has 8 nitrogen and oxygen atoms in total. The van der Waals surface area contributed by atoms with Gasteiger partial charge >= 0.3 is 0 Å². The molecule has 1 aliphatic rings. The topological polar surface area (TPSA) is 97.3 Å². The molecule has 1 saturated heterocycles. The Balaban J connectivity index is 1.56. The minimum Gasteiger partial charge on any atom is -0.493 e. The number of para-hydroxylation sites is 1. The summed E-state index contributed by atoms with van der Waals surface area (Å²) < 4.78 is 16.2. The predicted molar refractivity (Wildman–Crippen MR) is 125 cm³/mol. The first-order valence-corrected chi connectivity index (χ1v) is 11.2. The summed E-state index contributed by atoms with van der Waals surface area (Å²) in [5, 5.41) is 13.7. The van der Waals surface area contributed by atoms with Gasteiger partial charge in [-0.1, -0.05) is 29.3 Å². The summed E-state index contributed by atoms with van der Waals surface area (Å²) in [6.45, 7) is 0.309. The summed E-state index contributed by atoms with van der Waals surface area (Å²) >= 11 is 12.0. The third kappa shape index (κ3) is 6.22. The minimum absolute atomic E-state index is 0.0438. The highest BCUT2D eigenvalue weighted by Crippen LogP contribution is 2.36. The van der Waals surface area contributed by atoms with Crippen molar-refractivity contribution in [3.63, 3.8) is 0 Å². The molecule has 0 bridgehead atoms. The number of carbonyl (C=O) groups is 2. The molecule has 2 aromatic rings. The van der Waals surface area contributed by atoms with Crippen LogP contribution in [-0.2, 0) is 4.79 Å². The number of aliphatic hydroxyl groups is 1. The highest BCUT2D eigenvalue weighted by molar-refractivity contribution is 6.35. The number of carbonyl (C=O) groups excluding carboxylic acids is 2. The van der Waals surface area contributed by atoms with Gasteiger partial charge in [-0.2, -0.15) is 0 Å².